The third-order valence-corrected chi connectivity index (χ3v) is 2.95. The molecule has 0 unspecified atom stereocenters. The molecule has 0 aromatic heterocycles. The van der Waals surface area contributed by atoms with Gasteiger partial charge in [0.25, 0.3) is 0 Å². The van der Waals surface area contributed by atoms with Crippen LogP contribution >= 0.6 is 7.82 Å². The van der Waals surface area contributed by atoms with Crippen molar-refractivity contribution >= 4 is 7.82 Å². The molecule has 14 heteroatoms. The molecule has 0 aliphatic carbocycles. The summed E-state index contributed by atoms with van der Waals surface area (Å²) in [6.07, 6.45) is 12.4. The summed E-state index contributed by atoms with van der Waals surface area (Å²) < 4.78 is 8.88. The minimum Gasteiger partial charge on any atom is -0.314 e. The second-order valence-corrected chi connectivity index (χ2v) is 7.06. The number of allylic oxidation sites excluding steroid dienone is 1. The Balaban J connectivity index is 0. The summed E-state index contributed by atoms with van der Waals surface area (Å²) >= 11 is 0. The molecule has 3 N–H and O–H groups in total. The molecule has 0 saturated carbocycles. The fourth-order valence-electron chi connectivity index (χ4n) is 1.80. The van der Waals surface area contributed by atoms with Crippen molar-refractivity contribution in [1.29, 1.82) is 0 Å². The van der Waals surface area contributed by atoms with Crippen LogP contribution in [0.25, 0.3) is 0 Å². The smallest absolute Gasteiger partial charge is 0.314 e. The minimum absolute atomic E-state index is 0.383. The topological polar surface area (TPSA) is 161 Å². The van der Waals surface area contributed by atoms with Crippen LogP contribution in [-0.2, 0) is 49.6 Å². The van der Waals surface area contributed by atoms with E-state index in [0.717, 1.165) is 18.8 Å². The summed E-state index contributed by atoms with van der Waals surface area (Å²) in [7, 11) is -4.64. The maximum absolute atomic E-state index is 8.88. The molecule has 0 radical (unpaired) electrons. The highest BCUT2D eigenvalue weighted by Crippen LogP contribution is 2.25. The Morgan fingerprint density at radius 3 is 1.72 bits per heavy atom. The van der Waals surface area contributed by atoms with Crippen molar-refractivity contribution < 1.29 is 64.3 Å². The SMILES string of the molecule is CC=COOOOOOOOOCCCCCCCCCC(C)C.O=P(O)(O)O. The third kappa shape index (κ3) is 42.4. The monoisotopic (exact) mass is 452 g/mol. The molecular weight excluding hydrogens is 419 g/mol. The van der Waals surface area contributed by atoms with Gasteiger partial charge in [-0.1, -0.05) is 58.8 Å². The lowest BCUT2D eigenvalue weighted by Crippen LogP contribution is -2.02. The second-order valence-electron chi connectivity index (χ2n) is 6.03. The first-order valence-corrected chi connectivity index (χ1v) is 10.7. The molecule has 13 nitrogen and oxygen atoms in total. The molecular formula is C15H33O13P. The van der Waals surface area contributed by atoms with Crippen LogP contribution in [0.15, 0.2) is 12.3 Å². The highest BCUT2D eigenvalue weighted by Gasteiger charge is 2.00. The number of rotatable bonds is 19. The van der Waals surface area contributed by atoms with Crippen molar-refractivity contribution in [2.75, 3.05) is 6.61 Å². The van der Waals surface area contributed by atoms with Crippen LogP contribution in [0.2, 0.25) is 0 Å². The maximum Gasteiger partial charge on any atom is 0.466 e. The van der Waals surface area contributed by atoms with E-state index in [1.54, 1.807) is 13.0 Å². The normalized spacial score (nSPS) is 11.7. The van der Waals surface area contributed by atoms with Gasteiger partial charge >= 0.3 is 7.82 Å². The van der Waals surface area contributed by atoms with Crippen molar-refractivity contribution in [3.8, 4) is 0 Å². The van der Waals surface area contributed by atoms with E-state index in [0.29, 0.717) is 6.61 Å². The lowest BCUT2D eigenvalue weighted by Gasteiger charge is -2.04. The highest BCUT2D eigenvalue weighted by molar-refractivity contribution is 7.45. The number of hydrogen-bond acceptors (Lipinski definition) is 10. The van der Waals surface area contributed by atoms with Crippen LogP contribution in [0, 0.1) is 5.92 Å². The molecule has 29 heavy (non-hydrogen) atoms. The van der Waals surface area contributed by atoms with E-state index in [2.05, 4.69) is 58.9 Å². The average molecular weight is 452 g/mol. The van der Waals surface area contributed by atoms with Crippen LogP contribution in [0.5, 0.6) is 0 Å². The number of unbranched alkanes of at least 4 members (excludes halogenated alkanes) is 6. The number of hydrogen-bond donors (Lipinski definition) is 3. The standard InChI is InChI=1S/C15H30O9.H3O4P/c1-4-13-16-18-20-22-24-23-21-19-17-14-11-9-7-5-6-8-10-12-15(2)3;1-5(2,3)4/h4,13,15H,5-12,14H2,1-3H3;(H3,1,2,3,4). The van der Waals surface area contributed by atoms with E-state index < -0.39 is 7.82 Å². The Morgan fingerprint density at radius 2 is 1.21 bits per heavy atom. The van der Waals surface area contributed by atoms with Gasteiger partial charge in [0.2, 0.25) is 0 Å². The van der Waals surface area contributed by atoms with Crippen LogP contribution in [0.1, 0.15) is 72.1 Å². The molecule has 0 rings (SSSR count). The van der Waals surface area contributed by atoms with Crippen molar-refractivity contribution in [2.45, 2.75) is 72.1 Å². The van der Waals surface area contributed by atoms with Crippen molar-refractivity contribution in [3.63, 3.8) is 0 Å². The third-order valence-electron chi connectivity index (χ3n) is 2.95. The van der Waals surface area contributed by atoms with Gasteiger partial charge in [-0.25, -0.2) is 9.45 Å². The zero-order valence-electron chi connectivity index (χ0n) is 17.0. The molecule has 0 amide bonds. The van der Waals surface area contributed by atoms with E-state index in [9.17, 15) is 0 Å². The van der Waals surface area contributed by atoms with E-state index in [1.165, 1.54) is 44.8 Å². The van der Waals surface area contributed by atoms with E-state index in [1.807, 2.05) is 0 Å². The average Bonchev–Trinajstić information content (AvgIpc) is 2.62. The first kappa shape index (κ1) is 30.5. The largest absolute Gasteiger partial charge is 0.466 e. The molecule has 176 valence electrons. The molecule has 0 fully saturated rings. The van der Waals surface area contributed by atoms with Crippen LogP contribution in [0.4, 0.5) is 0 Å². The predicted octanol–water partition coefficient (Wildman–Crippen LogP) is 3.84. The van der Waals surface area contributed by atoms with Crippen LogP contribution < -0.4 is 0 Å². The van der Waals surface area contributed by atoms with E-state index in [-0.39, 0.29) is 0 Å². The molecule has 0 atom stereocenters. The predicted molar refractivity (Wildman–Crippen MR) is 95.5 cm³/mol. The number of phosphoric acid groups is 1. The summed E-state index contributed by atoms with van der Waals surface area (Å²) in [4.78, 5) is 30.5. The summed E-state index contributed by atoms with van der Waals surface area (Å²) in [6.45, 7) is 6.62. The minimum atomic E-state index is -4.64. The van der Waals surface area contributed by atoms with Crippen LogP contribution in [-0.4, -0.2) is 21.3 Å². The Labute approximate surface area is 170 Å². The molecule has 0 aliphatic heterocycles. The Morgan fingerprint density at radius 1 is 0.759 bits per heavy atom. The van der Waals surface area contributed by atoms with Gasteiger partial charge in [-0.15, -0.1) is 0 Å². The molecule has 0 heterocycles. The molecule has 0 bridgehead atoms. The Kier molecular flexibility index (Phi) is 24.8. The van der Waals surface area contributed by atoms with Crippen molar-refractivity contribution in [3.05, 3.63) is 12.3 Å². The van der Waals surface area contributed by atoms with E-state index in [4.69, 9.17) is 19.2 Å². The molecule has 0 aromatic carbocycles. The van der Waals surface area contributed by atoms with Gasteiger partial charge in [0.05, 0.1) is 6.61 Å². The van der Waals surface area contributed by atoms with Gasteiger partial charge < -0.3 is 19.6 Å². The molecule has 0 spiro atoms. The first-order chi connectivity index (χ1) is 13.8. The molecule has 0 saturated heterocycles. The molecule has 0 aliphatic rings. The fourth-order valence-corrected chi connectivity index (χ4v) is 1.80. The zero-order chi connectivity index (χ0) is 22.2. The van der Waals surface area contributed by atoms with Gasteiger partial charge in [-0.2, -0.15) is 0 Å². The maximum atomic E-state index is 8.88. The van der Waals surface area contributed by atoms with Gasteiger partial charge in [0.1, 0.15) is 6.26 Å². The first-order valence-electron chi connectivity index (χ1n) is 9.11. The van der Waals surface area contributed by atoms with E-state index >= 15 is 0 Å². The molecule has 0 aromatic rings. The lowest BCUT2D eigenvalue weighted by molar-refractivity contribution is -0.829. The zero-order valence-corrected chi connectivity index (χ0v) is 17.9. The van der Waals surface area contributed by atoms with Crippen molar-refractivity contribution in [1.82, 2.24) is 0 Å². The van der Waals surface area contributed by atoms with Crippen molar-refractivity contribution in [2.24, 2.45) is 5.92 Å². The summed E-state index contributed by atoms with van der Waals surface area (Å²) in [5, 5.41) is 27.6. The quantitative estimate of drug-likeness (QED) is 0.0853. The van der Waals surface area contributed by atoms with Crippen LogP contribution in [0.3, 0.4) is 0 Å². The highest BCUT2D eigenvalue weighted by atomic mass is 31.2. The lowest BCUT2D eigenvalue weighted by atomic mass is 10.0. The fraction of sp³-hybridized carbons (Fsp3) is 0.867. The Bertz CT molecular complexity index is 380. The van der Waals surface area contributed by atoms with Gasteiger partial charge in [0.15, 0.2) is 0 Å². The second kappa shape index (κ2) is 23.6. The summed E-state index contributed by atoms with van der Waals surface area (Å²) in [5.74, 6) is 0.809. The summed E-state index contributed by atoms with van der Waals surface area (Å²) in [6, 6.07) is 0. The van der Waals surface area contributed by atoms with Gasteiger partial charge in [0, 0.05) is 20.2 Å². The van der Waals surface area contributed by atoms with Gasteiger partial charge in [-0.3, -0.25) is 0 Å². The summed E-state index contributed by atoms with van der Waals surface area (Å²) in [5.41, 5.74) is 0. The Hall–Kier alpha value is -0.670. The van der Waals surface area contributed by atoms with Gasteiger partial charge in [-0.05, 0) is 40.5 Å².